The first-order valence-electron chi connectivity index (χ1n) is 7.43. The number of ether oxygens (including phenoxy) is 2. The van der Waals surface area contributed by atoms with Crippen LogP contribution in [0.2, 0.25) is 0 Å². The van der Waals surface area contributed by atoms with Crippen molar-refractivity contribution in [1.82, 2.24) is 9.97 Å². The molecule has 4 nitrogen and oxygen atoms in total. The van der Waals surface area contributed by atoms with Gasteiger partial charge in [0.1, 0.15) is 12.4 Å². The normalized spacial score (nSPS) is 22.1. The zero-order valence-electron chi connectivity index (χ0n) is 12.1. The van der Waals surface area contributed by atoms with Gasteiger partial charge in [0.15, 0.2) is 0 Å². The molecule has 0 aromatic carbocycles. The quantitative estimate of drug-likeness (QED) is 0.385. The minimum atomic E-state index is 0.284. The Bertz CT molecular complexity index is 403. The summed E-state index contributed by atoms with van der Waals surface area (Å²) in [5.41, 5.74) is 1.02. The van der Waals surface area contributed by atoms with E-state index < -0.39 is 0 Å². The highest BCUT2D eigenvalue weighted by atomic mass is 127. The average molecular weight is 390 g/mol. The minimum Gasteiger partial charge on any atom is -0.474 e. The van der Waals surface area contributed by atoms with E-state index in [1.54, 1.807) is 6.33 Å². The fourth-order valence-electron chi connectivity index (χ4n) is 2.47. The van der Waals surface area contributed by atoms with Gasteiger partial charge in [-0.05, 0) is 31.6 Å². The van der Waals surface area contributed by atoms with Crippen molar-refractivity contribution < 1.29 is 9.47 Å². The molecule has 1 aromatic heterocycles. The van der Waals surface area contributed by atoms with Gasteiger partial charge in [-0.15, -0.1) is 0 Å². The molecule has 1 aliphatic carbocycles. The molecule has 0 amide bonds. The molecule has 0 N–H and O–H groups in total. The highest BCUT2D eigenvalue weighted by molar-refractivity contribution is 14.1. The Labute approximate surface area is 134 Å². The van der Waals surface area contributed by atoms with E-state index >= 15 is 0 Å². The van der Waals surface area contributed by atoms with Crippen molar-refractivity contribution in [3.05, 3.63) is 18.1 Å². The van der Waals surface area contributed by atoms with E-state index in [4.69, 9.17) is 9.47 Å². The zero-order valence-corrected chi connectivity index (χ0v) is 14.2. The summed E-state index contributed by atoms with van der Waals surface area (Å²) in [5, 5.41) is 0. The average Bonchev–Trinajstić information content (AvgIpc) is 2.91. The lowest BCUT2D eigenvalue weighted by Gasteiger charge is -2.14. The zero-order chi connectivity index (χ0) is 14.2. The van der Waals surface area contributed by atoms with Crippen molar-refractivity contribution in [2.24, 2.45) is 5.92 Å². The number of aromatic nitrogens is 2. The Morgan fingerprint density at radius 3 is 3.05 bits per heavy atom. The molecule has 1 saturated carbocycles. The molecular formula is C15H23IN2O2. The fraction of sp³-hybridized carbons (Fsp3) is 0.733. The first-order chi connectivity index (χ1) is 9.81. The molecule has 0 saturated heterocycles. The van der Waals surface area contributed by atoms with Crippen LogP contribution in [0.25, 0.3) is 0 Å². The van der Waals surface area contributed by atoms with E-state index in [9.17, 15) is 0 Å². The van der Waals surface area contributed by atoms with Crippen molar-refractivity contribution >= 4 is 22.6 Å². The number of alkyl halides is 1. The first kappa shape index (κ1) is 15.9. The third kappa shape index (κ3) is 5.16. The first-order valence-corrected chi connectivity index (χ1v) is 8.95. The Morgan fingerprint density at radius 1 is 1.35 bits per heavy atom. The van der Waals surface area contributed by atoms with Gasteiger partial charge in [-0.1, -0.05) is 35.9 Å². The number of rotatable bonds is 8. The van der Waals surface area contributed by atoms with Crippen LogP contribution in [0.3, 0.4) is 0 Å². The van der Waals surface area contributed by atoms with Crippen LogP contribution in [0.5, 0.6) is 5.88 Å². The summed E-state index contributed by atoms with van der Waals surface area (Å²) in [6, 6.07) is 1.94. The van der Waals surface area contributed by atoms with E-state index in [0.29, 0.717) is 11.8 Å². The molecule has 1 fully saturated rings. The molecule has 2 rings (SSSR count). The molecule has 0 bridgehead atoms. The number of nitrogens with zero attached hydrogens (tertiary/aromatic N) is 2. The van der Waals surface area contributed by atoms with E-state index in [-0.39, 0.29) is 6.10 Å². The lowest BCUT2D eigenvalue weighted by Crippen LogP contribution is -2.15. The molecule has 0 unspecified atom stereocenters. The van der Waals surface area contributed by atoms with Crippen LogP contribution >= 0.6 is 22.6 Å². The van der Waals surface area contributed by atoms with Crippen molar-refractivity contribution in [1.29, 1.82) is 0 Å². The van der Waals surface area contributed by atoms with Gasteiger partial charge in [0, 0.05) is 23.7 Å². The van der Waals surface area contributed by atoms with Crippen molar-refractivity contribution in [3.8, 4) is 5.88 Å². The molecule has 5 heteroatoms. The molecule has 1 aliphatic rings. The number of halogens is 1. The van der Waals surface area contributed by atoms with Gasteiger partial charge >= 0.3 is 0 Å². The van der Waals surface area contributed by atoms with E-state index in [1.807, 2.05) is 6.07 Å². The van der Waals surface area contributed by atoms with Gasteiger partial charge in [0.25, 0.3) is 0 Å². The van der Waals surface area contributed by atoms with Crippen LogP contribution in [0.4, 0.5) is 0 Å². The van der Waals surface area contributed by atoms with Crippen molar-refractivity contribution in [3.63, 3.8) is 0 Å². The summed E-state index contributed by atoms with van der Waals surface area (Å²) in [5.74, 6) is 1.35. The Kier molecular flexibility index (Phi) is 6.99. The second-order valence-corrected chi connectivity index (χ2v) is 6.09. The fourth-order valence-corrected chi connectivity index (χ4v) is 2.89. The van der Waals surface area contributed by atoms with E-state index in [1.165, 1.54) is 12.8 Å². The second kappa shape index (κ2) is 8.77. The molecule has 0 aliphatic heterocycles. The topological polar surface area (TPSA) is 44.2 Å². The van der Waals surface area contributed by atoms with Gasteiger partial charge in [-0.25, -0.2) is 9.97 Å². The largest absolute Gasteiger partial charge is 0.474 e. The number of hydrogen-bond acceptors (Lipinski definition) is 4. The summed E-state index contributed by atoms with van der Waals surface area (Å²) in [6.07, 6.45) is 7.61. The van der Waals surface area contributed by atoms with Crippen molar-refractivity contribution in [2.75, 3.05) is 13.2 Å². The minimum absolute atomic E-state index is 0.284. The van der Waals surface area contributed by atoms with Crippen LogP contribution in [0, 0.1) is 5.92 Å². The van der Waals surface area contributed by atoms with E-state index in [2.05, 4.69) is 39.5 Å². The summed E-state index contributed by atoms with van der Waals surface area (Å²) in [6.45, 7) is 3.96. The second-order valence-electron chi connectivity index (χ2n) is 5.33. The molecule has 1 heterocycles. The predicted octanol–water partition coefficient (Wildman–Crippen LogP) is 3.78. The Morgan fingerprint density at radius 2 is 2.25 bits per heavy atom. The lowest BCUT2D eigenvalue weighted by atomic mass is 10.1. The molecule has 0 spiro atoms. The lowest BCUT2D eigenvalue weighted by molar-refractivity contribution is 0.0931. The summed E-state index contributed by atoms with van der Waals surface area (Å²) in [7, 11) is 0. The van der Waals surface area contributed by atoms with Gasteiger partial charge in [0.05, 0.1) is 5.69 Å². The van der Waals surface area contributed by atoms with Crippen molar-refractivity contribution in [2.45, 2.75) is 49.6 Å². The molecule has 2 atom stereocenters. The van der Waals surface area contributed by atoms with Crippen LogP contribution in [-0.4, -0.2) is 29.3 Å². The Hall–Kier alpha value is -0.430. The monoisotopic (exact) mass is 390 g/mol. The number of unbranched alkanes of at least 4 members (excludes halogenated alkanes) is 1. The van der Waals surface area contributed by atoms with Gasteiger partial charge < -0.3 is 9.47 Å². The predicted molar refractivity (Wildman–Crippen MR) is 87.2 cm³/mol. The van der Waals surface area contributed by atoms with Gasteiger partial charge in [-0.3, -0.25) is 0 Å². The summed E-state index contributed by atoms with van der Waals surface area (Å²) >= 11 is 2.30. The maximum Gasteiger partial charge on any atom is 0.216 e. The molecular weight excluding hydrogens is 367 g/mol. The van der Waals surface area contributed by atoms with Gasteiger partial charge in [0.2, 0.25) is 5.88 Å². The number of hydrogen-bond donors (Lipinski definition) is 0. The summed E-state index contributed by atoms with van der Waals surface area (Å²) < 4.78 is 12.6. The maximum atomic E-state index is 5.97. The third-order valence-electron chi connectivity index (χ3n) is 3.61. The third-order valence-corrected chi connectivity index (χ3v) is 4.39. The highest BCUT2D eigenvalue weighted by Crippen LogP contribution is 2.29. The molecule has 20 heavy (non-hydrogen) atoms. The summed E-state index contributed by atoms with van der Waals surface area (Å²) in [4.78, 5) is 8.38. The van der Waals surface area contributed by atoms with Gasteiger partial charge in [-0.2, -0.15) is 0 Å². The molecule has 112 valence electrons. The molecule has 0 radical (unpaired) electrons. The molecule has 1 aromatic rings. The maximum absolute atomic E-state index is 5.97. The van der Waals surface area contributed by atoms with E-state index in [0.717, 1.165) is 42.6 Å². The SMILES string of the molecule is CCCCOC[C@H]1CC[C@H](Oc2cc(CI)ncn2)C1. The van der Waals surface area contributed by atoms with Crippen LogP contribution in [0.1, 0.15) is 44.7 Å². The highest BCUT2D eigenvalue weighted by Gasteiger charge is 2.26. The standard InChI is InChI=1S/C15H23IN2O2/c1-2-3-6-19-10-12-4-5-14(7-12)20-15-8-13(9-16)17-11-18-15/h8,11-12,14H,2-7,9-10H2,1H3/t12-,14-/m0/s1. The smallest absolute Gasteiger partial charge is 0.216 e. The Balaban J connectivity index is 1.72. The van der Waals surface area contributed by atoms with Crippen LogP contribution < -0.4 is 4.74 Å². The van der Waals surface area contributed by atoms with Crippen LogP contribution in [-0.2, 0) is 9.16 Å². The van der Waals surface area contributed by atoms with Crippen LogP contribution in [0.15, 0.2) is 12.4 Å².